The Morgan fingerprint density at radius 1 is 0.933 bits per heavy atom. The maximum absolute atomic E-state index is 14.2. The van der Waals surface area contributed by atoms with Gasteiger partial charge in [0.15, 0.2) is 18.2 Å². The maximum Gasteiger partial charge on any atom is 0.410 e. The van der Waals surface area contributed by atoms with Crippen molar-refractivity contribution >= 4 is 30.2 Å². The smallest absolute Gasteiger partial charge is 0.410 e. The molecule has 0 aromatic heterocycles. The van der Waals surface area contributed by atoms with Crippen molar-refractivity contribution in [2.45, 2.75) is 115 Å². The maximum atomic E-state index is 14.2. The number of carbonyl (C=O) groups is 2. The average molecular weight is 660 g/mol. The van der Waals surface area contributed by atoms with Crippen LogP contribution in [-0.4, -0.2) is 69.0 Å². The third kappa shape index (κ3) is 10.1. The van der Waals surface area contributed by atoms with Crippen molar-refractivity contribution in [3.8, 4) is 0 Å². The van der Waals surface area contributed by atoms with Gasteiger partial charge < -0.3 is 18.8 Å². The van der Waals surface area contributed by atoms with Crippen molar-refractivity contribution < 1.29 is 31.9 Å². The van der Waals surface area contributed by atoms with E-state index in [4.69, 9.17) is 13.9 Å². The summed E-state index contributed by atoms with van der Waals surface area (Å²) in [7, 11) is -6.10. The number of esters is 1. The lowest BCUT2D eigenvalue weighted by molar-refractivity contribution is -0.155. The highest BCUT2D eigenvalue weighted by Crippen LogP contribution is 2.42. The van der Waals surface area contributed by atoms with Crippen LogP contribution < -0.4 is 0 Å². The molecule has 1 aliphatic rings. The van der Waals surface area contributed by atoms with E-state index in [1.54, 1.807) is 20.8 Å². The first-order valence-corrected chi connectivity index (χ1v) is 20.6. The molecule has 45 heavy (non-hydrogen) atoms. The Kier molecular flexibility index (Phi) is 12.1. The fourth-order valence-corrected chi connectivity index (χ4v) is 8.50. The van der Waals surface area contributed by atoms with Gasteiger partial charge in [0, 0.05) is 6.54 Å². The Hall–Kier alpha value is -2.69. The molecule has 0 radical (unpaired) electrons. The van der Waals surface area contributed by atoms with Crippen molar-refractivity contribution in [1.82, 2.24) is 4.90 Å². The van der Waals surface area contributed by atoms with Gasteiger partial charge in [0.2, 0.25) is 0 Å². The predicted molar refractivity (Wildman–Crippen MR) is 181 cm³/mol. The molecule has 1 fully saturated rings. The Balaban J connectivity index is 2.15. The number of sulfone groups is 1. The summed E-state index contributed by atoms with van der Waals surface area (Å²) >= 11 is 0. The first-order chi connectivity index (χ1) is 20.8. The van der Waals surface area contributed by atoms with E-state index in [-0.39, 0.29) is 30.4 Å². The van der Waals surface area contributed by atoms with Gasteiger partial charge in [0.1, 0.15) is 12.2 Å². The molecule has 0 aliphatic carbocycles. The molecule has 0 spiro atoms. The normalized spacial score (nSPS) is 19.2. The fourth-order valence-electron chi connectivity index (χ4n) is 5.36. The molecule has 2 aromatic carbocycles. The van der Waals surface area contributed by atoms with Gasteiger partial charge in [-0.05, 0) is 69.3 Å². The molecule has 1 heterocycles. The van der Waals surface area contributed by atoms with Crippen LogP contribution in [0.4, 0.5) is 4.79 Å². The fraction of sp³-hybridized carbons (Fsp3) is 0.600. The minimum absolute atomic E-state index is 0.0175. The first-order valence-electron chi connectivity index (χ1n) is 16.0. The lowest BCUT2D eigenvalue weighted by atomic mass is 9.88. The predicted octanol–water partition coefficient (Wildman–Crippen LogP) is 7.18. The quantitative estimate of drug-likeness (QED) is 0.176. The molecule has 0 N–H and O–H groups in total. The minimum atomic E-state index is -3.52. The summed E-state index contributed by atoms with van der Waals surface area (Å²) < 4.78 is 45.8. The summed E-state index contributed by atoms with van der Waals surface area (Å²) in [5.41, 5.74) is 0.976. The molecule has 3 rings (SSSR count). The third-order valence-electron chi connectivity index (χ3n) is 8.77. The third-order valence-corrected chi connectivity index (χ3v) is 15.6. The zero-order valence-electron chi connectivity index (χ0n) is 28.5. The molecule has 0 saturated carbocycles. The highest BCUT2D eigenvalue weighted by molar-refractivity contribution is 7.92. The van der Waals surface area contributed by atoms with Crippen LogP contribution in [0.2, 0.25) is 18.1 Å². The summed E-state index contributed by atoms with van der Waals surface area (Å²) in [5, 5.41) is -1.02. The minimum Gasteiger partial charge on any atom is -0.461 e. The van der Waals surface area contributed by atoms with E-state index in [0.29, 0.717) is 12.8 Å². The van der Waals surface area contributed by atoms with Crippen molar-refractivity contribution in [1.29, 1.82) is 0 Å². The molecular weight excluding hydrogens is 607 g/mol. The van der Waals surface area contributed by atoms with E-state index in [1.807, 2.05) is 67.6 Å². The number of carbonyl (C=O) groups excluding carboxylic acids is 2. The van der Waals surface area contributed by atoms with Crippen LogP contribution in [0.3, 0.4) is 0 Å². The van der Waals surface area contributed by atoms with Gasteiger partial charge in [-0.25, -0.2) is 13.2 Å². The van der Waals surface area contributed by atoms with E-state index >= 15 is 0 Å². The number of benzene rings is 2. The van der Waals surface area contributed by atoms with Crippen molar-refractivity contribution in [2.75, 3.05) is 12.3 Å². The molecule has 8 nitrogen and oxygen atoms in total. The number of likely N-dealkylation sites (tertiary alicyclic amines) is 1. The van der Waals surface area contributed by atoms with E-state index in [1.165, 1.54) is 4.90 Å². The standard InChI is InChI=1S/C35H53NO7SSi/c1-10-21-44(39,40)28-23-30(36(24-28)33(38)42-34(2,3)4)31(43-45(8,9)35(5,6)7)29(22-26-17-13-11-14-18-26)32(37)41-25-27-19-15-12-16-20-27/h11-20,28-31H,10,21-25H2,1-9H3/t28-,29+,30-,31+/m1/s1. The number of ether oxygens (including phenoxy) is 2. The Bertz CT molecular complexity index is 1370. The van der Waals surface area contributed by atoms with Gasteiger partial charge in [-0.15, -0.1) is 0 Å². The van der Waals surface area contributed by atoms with Crippen LogP contribution >= 0.6 is 0 Å². The van der Waals surface area contributed by atoms with Crippen molar-refractivity contribution in [3.05, 3.63) is 71.8 Å². The van der Waals surface area contributed by atoms with Crippen LogP contribution in [0.25, 0.3) is 0 Å². The number of amides is 1. The zero-order chi connectivity index (χ0) is 33.6. The number of nitrogens with zero attached hydrogens (tertiary/aromatic N) is 1. The SMILES string of the molecule is CCCS(=O)(=O)[C@@H]1C[C@H]([C@@H](O[Si](C)(C)C(C)(C)C)[C@H](Cc2ccccc2)C(=O)OCc2ccccc2)N(C(=O)OC(C)(C)C)C1. The van der Waals surface area contributed by atoms with Crippen LogP contribution in [0.1, 0.15) is 72.4 Å². The summed E-state index contributed by atoms with van der Waals surface area (Å²) in [6.07, 6.45) is -0.510. The van der Waals surface area contributed by atoms with E-state index in [9.17, 15) is 18.0 Å². The topological polar surface area (TPSA) is 99.2 Å². The van der Waals surface area contributed by atoms with Gasteiger partial charge in [0.05, 0.1) is 29.1 Å². The van der Waals surface area contributed by atoms with E-state index < -0.39 is 59.1 Å². The summed E-state index contributed by atoms with van der Waals surface area (Å²) in [6, 6.07) is 18.4. The number of hydrogen-bond acceptors (Lipinski definition) is 7. The molecular formula is C35H53NO7SSi. The summed E-state index contributed by atoms with van der Waals surface area (Å²) in [6.45, 7) is 17.8. The lowest BCUT2D eigenvalue weighted by Gasteiger charge is -2.44. The highest BCUT2D eigenvalue weighted by Gasteiger charge is 2.52. The Labute approximate surface area is 271 Å². The largest absolute Gasteiger partial charge is 0.461 e. The van der Waals surface area contributed by atoms with Crippen LogP contribution in [-0.2, 0) is 41.6 Å². The molecule has 1 aliphatic heterocycles. The molecule has 10 heteroatoms. The second-order valence-electron chi connectivity index (χ2n) is 14.7. The Morgan fingerprint density at radius 2 is 1.49 bits per heavy atom. The van der Waals surface area contributed by atoms with E-state index in [2.05, 4.69) is 33.9 Å². The summed E-state index contributed by atoms with van der Waals surface area (Å²) in [4.78, 5) is 29.5. The van der Waals surface area contributed by atoms with Gasteiger partial charge in [-0.2, -0.15) is 0 Å². The summed E-state index contributed by atoms with van der Waals surface area (Å²) in [5.74, 6) is -1.24. The molecule has 1 amide bonds. The van der Waals surface area contributed by atoms with Crippen LogP contribution in [0.5, 0.6) is 0 Å². The second kappa shape index (κ2) is 14.8. The van der Waals surface area contributed by atoms with Gasteiger partial charge in [-0.3, -0.25) is 4.79 Å². The lowest BCUT2D eigenvalue weighted by Crippen LogP contribution is -2.56. The van der Waals surface area contributed by atoms with Crippen LogP contribution in [0.15, 0.2) is 60.7 Å². The van der Waals surface area contributed by atoms with Crippen molar-refractivity contribution in [3.63, 3.8) is 0 Å². The number of hydrogen-bond donors (Lipinski definition) is 0. The average Bonchev–Trinajstić information content (AvgIpc) is 3.40. The van der Waals surface area contributed by atoms with Gasteiger partial charge >= 0.3 is 12.1 Å². The second-order valence-corrected chi connectivity index (χ2v) is 21.8. The monoisotopic (exact) mass is 659 g/mol. The molecule has 0 unspecified atom stereocenters. The molecule has 250 valence electrons. The van der Waals surface area contributed by atoms with E-state index in [0.717, 1.165) is 11.1 Å². The zero-order valence-corrected chi connectivity index (χ0v) is 30.4. The molecule has 0 bridgehead atoms. The molecule has 4 atom stereocenters. The first kappa shape index (κ1) is 36.8. The van der Waals surface area contributed by atoms with Gasteiger partial charge in [-0.1, -0.05) is 88.4 Å². The van der Waals surface area contributed by atoms with Crippen LogP contribution in [0, 0.1) is 5.92 Å². The highest BCUT2D eigenvalue weighted by atomic mass is 32.2. The van der Waals surface area contributed by atoms with Gasteiger partial charge in [0.25, 0.3) is 0 Å². The van der Waals surface area contributed by atoms with Crippen molar-refractivity contribution in [2.24, 2.45) is 5.92 Å². The number of rotatable bonds is 12. The molecule has 1 saturated heterocycles. The Morgan fingerprint density at radius 3 is 2.00 bits per heavy atom. The molecule has 2 aromatic rings.